The molecule has 5 rings (SSSR count). The minimum Gasteiger partial charge on any atom is -0.353 e. The van der Waals surface area contributed by atoms with E-state index in [4.69, 9.17) is 9.98 Å². The van der Waals surface area contributed by atoms with Crippen LogP contribution in [-0.4, -0.2) is 40.1 Å². The van der Waals surface area contributed by atoms with E-state index >= 15 is 0 Å². The number of aryl methyl sites for hydroxylation is 2. The van der Waals surface area contributed by atoms with Crippen LogP contribution in [0.4, 0.5) is 17.1 Å². The third kappa shape index (κ3) is 4.66. The van der Waals surface area contributed by atoms with Gasteiger partial charge in [0.25, 0.3) is 0 Å². The molecule has 0 saturated heterocycles. The molecule has 0 saturated carbocycles. The Bertz CT molecular complexity index is 1640. The fraction of sp³-hybridized carbons (Fsp3) is 0.259. The first kappa shape index (κ1) is 23.9. The molecule has 4 heterocycles. The highest BCUT2D eigenvalue weighted by molar-refractivity contribution is 7.90. The maximum Gasteiger partial charge on any atom is 0.177 e. The van der Waals surface area contributed by atoms with E-state index in [1.54, 1.807) is 23.0 Å². The number of aliphatic imine (C=N–C) groups is 1. The zero-order valence-corrected chi connectivity index (χ0v) is 21.8. The number of nitrogens with zero attached hydrogens (tertiary/aromatic N) is 5. The number of pyridine rings is 2. The monoisotopic (exact) mass is 500 g/mol. The van der Waals surface area contributed by atoms with Crippen molar-refractivity contribution >= 4 is 32.6 Å². The third-order valence-electron chi connectivity index (χ3n) is 6.35. The number of anilines is 2. The van der Waals surface area contributed by atoms with Crippen molar-refractivity contribution < 1.29 is 8.42 Å². The van der Waals surface area contributed by atoms with E-state index in [0.717, 1.165) is 56.7 Å². The summed E-state index contributed by atoms with van der Waals surface area (Å²) in [5.74, 6) is 0. The zero-order chi connectivity index (χ0) is 25.6. The van der Waals surface area contributed by atoms with E-state index in [1.807, 2.05) is 58.2 Å². The number of nitrogens with one attached hydrogen (secondary N) is 1. The van der Waals surface area contributed by atoms with Crippen LogP contribution in [0, 0.1) is 13.8 Å². The Morgan fingerprint density at radius 2 is 1.81 bits per heavy atom. The van der Waals surface area contributed by atoms with Gasteiger partial charge in [0, 0.05) is 60.2 Å². The molecule has 9 heteroatoms. The predicted molar refractivity (Wildman–Crippen MR) is 142 cm³/mol. The Balaban J connectivity index is 1.57. The largest absolute Gasteiger partial charge is 0.353 e. The van der Waals surface area contributed by atoms with Crippen LogP contribution in [0.3, 0.4) is 0 Å². The zero-order valence-electron chi connectivity index (χ0n) is 21.0. The van der Waals surface area contributed by atoms with Gasteiger partial charge in [0.15, 0.2) is 9.84 Å². The fourth-order valence-corrected chi connectivity index (χ4v) is 5.33. The molecule has 0 radical (unpaired) electrons. The van der Waals surface area contributed by atoms with Crippen LogP contribution < -0.4 is 5.32 Å². The molecule has 4 aromatic rings. The molecule has 0 fully saturated rings. The Morgan fingerprint density at radius 3 is 2.50 bits per heavy atom. The van der Waals surface area contributed by atoms with Crippen LogP contribution in [0.5, 0.6) is 0 Å². The van der Waals surface area contributed by atoms with Crippen LogP contribution in [0.15, 0.2) is 58.5 Å². The second kappa shape index (κ2) is 8.98. The van der Waals surface area contributed by atoms with Gasteiger partial charge < -0.3 is 5.32 Å². The van der Waals surface area contributed by atoms with Crippen LogP contribution >= 0.6 is 0 Å². The molecule has 0 atom stereocenters. The maximum absolute atomic E-state index is 12.8. The van der Waals surface area contributed by atoms with E-state index in [2.05, 4.69) is 15.4 Å². The van der Waals surface area contributed by atoms with Gasteiger partial charge >= 0.3 is 0 Å². The van der Waals surface area contributed by atoms with Crippen molar-refractivity contribution in [2.24, 2.45) is 12.0 Å². The summed E-state index contributed by atoms with van der Waals surface area (Å²) in [6, 6.07) is 13.3. The van der Waals surface area contributed by atoms with Crippen molar-refractivity contribution in [3.8, 4) is 11.1 Å². The third-order valence-corrected chi connectivity index (χ3v) is 7.49. The predicted octanol–water partition coefficient (Wildman–Crippen LogP) is 4.88. The molecule has 0 aliphatic carbocycles. The Morgan fingerprint density at radius 1 is 1.00 bits per heavy atom. The molecule has 0 bridgehead atoms. The average molecular weight is 501 g/mol. The van der Waals surface area contributed by atoms with Gasteiger partial charge in [0.2, 0.25) is 0 Å². The molecule has 1 N–H and O–H groups in total. The summed E-state index contributed by atoms with van der Waals surface area (Å²) in [5, 5.41) is 7.66. The van der Waals surface area contributed by atoms with E-state index in [-0.39, 0.29) is 4.90 Å². The minimum absolute atomic E-state index is 0.217. The number of aromatic nitrogens is 4. The molecule has 0 amide bonds. The van der Waals surface area contributed by atoms with Crippen molar-refractivity contribution in [1.29, 1.82) is 0 Å². The summed E-state index contributed by atoms with van der Waals surface area (Å²) >= 11 is 0. The smallest absolute Gasteiger partial charge is 0.177 e. The highest BCUT2D eigenvalue weighted by atomic mass is 32.2. The summed E-state index contributed by atoms with van der Waals surface area (Å²) in [4.78, 5) is 14.4. The van der Waals surface area contributed by atoms with Gasteiger partial charge in [-0.3, -0.25) is 19.6 Å². The standard InChI is InChI=1S/C27H28N6O2S/c1-16-7-6-8-20(29-16)13-21-14-25(27-24(31-21)11-17(2)30-27)32-23-10-9-19(12-26(23)36(5,34)35)22-15-28-33(4)18(22)3/h6-10,12,14-15H,11,13H2,1-5H3,(H,31,32). The van der Waals surface area contributed by atoms with Gasteiger partial charge in [0.1, 0.15) is 5.69 Å². The summed E-state index contributed by atoms with van der Waals surface area (Å²) in [6.07, 6.45) is 4.21. The normalized spacial score (nSPS) is 13.0. The van der Waals surface area contributed by atoms with E-state index in [1.165, 1.54) is 6.26 Å². The Labute approximate surface area is 211 Å². The first-order valence-corrected chi connectivity index (χ1v) is 13.6. The average Bonchev–Trinajstić information content (AvgIpc) is 3.35. The van der Waals surface area contributed by atoms with Crippen LogP contribution in [-0.2, 0) is 29.7 Å². The quantitative estimate of drug-likeness (QED) is 0.405. The SMILES string of the molecule is CC1=Nc2c(Nc3ccc(-c4cnn(C)c4C)cc3S(C)(=O)=O)cc(Cc3cccc(C)n3)nc2C1. The van der Waals surface area contributed by atoms with Gasteiger partial charge in [-0.25, -0.2) is 8.42 Å². The van der Waals surface area contributed by atoms with Gasteiger partial charge in [-0.05, 0) is 56.7 Å². The molecule has 1 aromatic carbocycles. The van der Waals surface area contributed by atoms with Crippen LogP contribution in [0.2, 0.25) is 0 Å². The summed E-state index contributed by atoms with van der Waals surface area (Å²) in [5.41, 5.74) is 9.21. The molecule has 3 aromatic heterocycles. The van der Waals surface area contributed by atoms with E-state index < -0.39 is 9.84 Å². The highest BCUT2D eigenvalue weighted by Gasteiger charge is 2.22. The number of benzene rings is 1. The lowest BCUT2D eigenvalue weighted by atomic mass is 10.1. The second-order valence-electron chi connectivity index (χ2n) is 9.30. The van der Waals surface area contributed by atoms with E-state index in [0.29, 0.717) is 18.5 Å². The minimum atomic E-state index is -3.53. The maximum atomic E-state index is 12.8. The molecule has 0 unspecified atom stereocenters. The first-order chi connectivity index (χ1) is 17.1. The lowest BCUT2D eigenvalue weighted by Gasteiger charge is -2.16. The van der Waals surface area contributed by atoms with Crippen molar-refractivity contribution in [3.63, 3.8) is 0 Å². The second-order valence-corrected chi connectivity index (χ2v) is 11.3. The lowest BCUT2D eigenvalue weighted by Crippen LogP contribution is -2.05. The molecular weight excluding hydrogens is 472 g/mol. The van der Waals surface area contributed by atoms with Gasteiger partial charge in [-0.2, -0.15) is 5.10 Å². The van der Waals surface area contributed by atoms with Crippen LogP contribution in [0.25, 0.3) is 11.1 Å². The number of rotatable bonds is 6. The van der Waals surface area contributed by atoms with E-state index in [9.17, 15) is 8.42 Å². The summed E-state index contributed by atoms with van der Waals surface area (Å²) < 4.78 is 27.4. The molecule has 8 nitrogen and oxygen atoms in total. The molecule has 36 heavy (non-hydrogen) atoms. The highest BCUT2D eigenvalue weighted by Crippen LogP contribution is 2.38. The van der Waals surface area contributed by atoms with Crippen molar-refractivity contribution in [2.45, 2.75) is 38.5 Å². The number of fused-ring (bicyclic) bond motifs is 1. The van der Waals surface area contributed by atoms with Crippen molar-refractivity contribution in [3.05, 3.63) is 77.1 Å². The topological polar surface area (TPSA) is 102 Å². The number of hydrogen-bond donors (Lipinski definition) is 1. The lowest BCUT2D eigenvalue weighted by molar-refractivity contribution is 0.602. The van der Waals surface area contributed by atoms with Gasteiger partial charge in [-0.1, -0.05) is 12.1 Å². The Hall–Kier alpha value is -3.85. The number of sulfone groups is 1. The van der Waals surface area contributed by atoms with Gasteiger partial charge in [-0.15, -0.1) is 0 Å². The molecule has 0 spiro atoms. The molecule has 1 aliphatic heterocycles. The summed E-state index contributed by atoms with van der Waals surface area (Å²) in [7, 11) is -1.67. The van der Waals surface area contributed by atoms with Crippen LogP contribution in [0.1, 0.15) is 35.4 Å². The Kier molecular flexibility index (Phi) is 5.96. The van der Waals surface area contributed by atoms with Crippen molar-refractivity contribution in [2.75, 3.05) is 11.6 Å². The van der Waals surface area contributed by atoms with Gasteiger partial charge in [0.05, 0.1) is 28.2 Å². The fourth-order valence-electron chi connectivity index (χ4n) is 4.47. The molecule has 1 aliphatic rings. The molecule has 184 valence electrons. The number of hydrogen-bond acceptors (Lipinski definition) is 7. The van der Waals surface area contributed by atoms with Crippen molar-refractivity contribution in [1.82, 2.24) is 19.7 Å². The first-order valence-electron chi connectivity index (χ1n) is 11.7. The molecular formula is C27H28N6O2S. The summed E-state index contributed by atoms with van der Waals surface area (Å²) in [6.45, 7) is 5.90.